The number of aryl methyl sites for hydroxylation is 2. The van der Waals surface area contributed by atoms with Gasteiger partial charge in [0.1, 0.15) is 11.4 Å². The first-order valence-electron chi connectivity index (χ1n) is 8.91. The monoisotopic (exact) mass is 393 g/mol. The van der Waals surface area contributed by atoms with Crippen LogP contribution in [0.25, 0.3) is 21.9 Å². The van der Waals surface area contributed by atoms with E-state index in [4.69, 9.17) is 9.72 Å². The van der Waals surface area contributed by atoms with Gasteiger partial charge in [-0.15, -0.1) is 0 Å². The second kappa shape index (κ2) is 7.55. The zero-order valence-electron chi connectivity index (χ0n) is 15.8. The molecule has 3 aromatic heterocycles. The average Bonchev–Trinajstić information content (AvgIpc) is 3.08. The van der Waals surface area contributed by atoms with Crippen LogP contribution >= 0.6 is 11.8 Å². The Morgan fingerprint density at radius 1 is 1.21 bits per heavy atom. The SMILES string of the molecule is CCOC(=O)c1c(CSc2ncnc3c2cnn3C)nc2ccccc2c1C. The van der Waals surface area contributed by atoms with Gasteiger partial charge < -0.3 is 4.74 Å². The van der Waals surface area contributed by atoms with Crippen LogP contribution < -0.4 is 0 Å². The summed E-state index contributed by atoms with van der Waals surface area (Å²) in [5.74, 6) is 0.143. The van der Waals surface area contributed by atoms with Gasteiger partial charge in [-0.3, -0.25) is 9.67 Å². The summed E-state index contributed by atoms with van der Waals surface area (Å²) < 4.78 is 7.01. The Labute approximate surface area is 166 Å². The molecule has 0 saturated heterocycles. The standard InChI is InChI=1S/C20H19N5O2S/c1-4-27-20(26)17-12(2)13-7-5-6-8-15(13)24-16(17)10-28-19-14-9-23-25(3)18(14)21-11-22-19/h5-9,11H,4,10H2,1-3H3. The third-order valence-electron chi connectivity index (χ3n) is 4.55. The second-order valence-electron chi connectivity index (χ2n) is 6.27. The summed E-state index contributed by atoms with van der Waals surface area (Å²) in [5.41, 5.74) is 3.73. The predicted octanol–water partition coefficient (Wildman–Crippen LogP) is 3.69. The number of aromatic nitrogens is 5. The number of fused-ring (bicyclic) bond motifs is 2. The largest absolute Gasteiger partial charge is 0.462 e. The highest BCUT2D eigenvalue weighted by atomic mass is 32.2. The number of para-hydroxylation sites is 1. The van der Waals surface area contributed by atoms with E-state index in [0.717, 1.165) is 32.5 Å². The number of carbonyl (C=O) groups is 1. The van der Waals surface area contributed by atoms with Crippen LogP contribution in [0.3, 0.4) is 0 Å². The fourth-order valence-electron chi connectivity index (χ4n) is 3.21. The Morgan fingerprint density at radius 3 is 2.86 bits per heavy atom. The molecule has 0 aliphatic heterocycles. The number of hydrogen-bond acceptors (Lipinski definition) is 7. The van der Waals surface area contributed by atoms with E-state index in [9.17, 15) is 4.79 Å². The summed E-state index contributed by atoms with van der Waals surface area (Å²) in [6.45, 7) is 4.06. The van der Waals surface area contributed by atoms with E-state index in [1.807, 2.05) is 38.2 Å². The smallest absolute Gasteiger partial charge is 0.340 e. The van der Waals surface area contributed by atoms with E-state index >= 15 is 0 Å². The van der Waals surface area contributed by atoms with Crippen molar-refractivity contribution >= 4 is 39.7 Å². The van der Waals surface area contributed by atoms with Crippen molar-refractivity contribution in [2.45, 2.75) is 24.6 Å². The quantitative estimate of drug-likeness (QED) is 0.290. The maximum Gasteiger partial charge on any atom is 0.340 e. The Bertz CT molecular complexity index is 1190. The number of nitrogens with zero attached hydrogens (tertiary/aromatic N) is 5. The third-order valence-corrected chi connectivity index (χ3v) is 5.56. The van der Waals surface area contributed by atoms with Gasteiger partial charge in [0, 0.05) is 18.2 Å². The fourth-order valence-corrected chi connectivity index (χ4v) is 4.12. The van der Waals surface area contributed by atoms with Crippen LogP contribution in [0.1, 0.15) is 28.5 Å². The number of rotatable bonds is 5. The average molecular weight is 393 g/mol. The van der Waals surface area contributed by atoms with Crippen molar-refractivity contribution < 1.29 is 9.53 Å². The number of esters is 1. The second-order valence-corrected chi connectivity index (χ2v) is 7.23. The molecule has 3 heterocycles. The van der Waals surface area contributed by atoms with E-state index in [2.05, 4.69) is 15.1 Å². The van der Waals surface area contributed by atoms with Gasteiger partial charge in [-0.05, 0) is 25.5 Å². The molecule has 142 valence electrons. The Balaban J connectivity index is 1.76. The van der Waals surface area contributed by atoms with Crippen molar-refractivity contribution in [2.75, 3.05) is 6.61 Å². The molecule has 0 N–H and O–H groups in total. The van der Waals surface area contributed by atoms with Crippen molar-refractivity contribution in [3.05, 3.63) is 53.6 Å². The van der Waals surface area contributed by atoms with E-state index in [1.165, 1.54) is 18.1 Å². The van der Waals surface area contributed by atoms with Crippen molar-refractivity contribution in [1.82, 2.24) is 24.7 Å². The van der Waals surface area contributed by atoms with Crippen LogP contribution in [0, 0.1) is 6.92 Å². The van der Waals surface area contributed by atoms with E-state index in [0.29, 0.717) is 23.6 Å². The minimum Gasteiger partial charge on any atom is -0.462 e. The van der Waals surface area contributed by atoms with Crippen molar-refractivity contribution in [3.8, 4) is 0 Å². The minimum atomic E-state index is -0.344. The molecular formula is C20H19N5O2S. The van der Waals surface area contributed by atoms with Crippen LogP contribution in [0.2, 0.25) is 0 Å². The number of benzene rings is 1. The number of ether oxygens (including phenoxy) is 1. The van der Waals surface area contributed by atoms with E-state index < -0.39 is 0 Å². The summed E-state index contributed by atoms with van der Waals surface area (Å²) in [5, 5.41) is 6.89. The molecule has 0 amide bonds. The molecule has 4 rings (SSSR count). The van der Waals surface area contributed by atoms with E-state index in [1.54, 1.807) is 17.8 Å². The normalized spacial score (nSPS) is 11.2. The van der Waals surface area contributed by atoms with Crippen LogP contribution in [0.15, 0.2) is 41.8 Å². The predicted molar refractivity (Wildman–Crippen MR) is 108 cm³/mol. The van der Waals surface area contributed by atoms with Gasteiger partial charge in [-0.25, -0.2) is 14.8 Å². The van der Waals surface area contributed by atoms with E-state index in [-0.39, 0.29) is 5.97 Å². The Morgan fingerprint density at radius 2 is 2.04 bits per heavy atom. The Kier molecular flexibility index (Phi) is 4.95. The topological polar surface area (TPSA) is 82.8 Å². The molecule has 0 spiro atoms. The molecule has 4 aromatic rings. The number of pyridine rings is 1. The van der Waals surface area contributed by atoms with Gasteiger partial charge in [-0.2, -0.15) is 5.10 Å². The molecule has 0 atom stereocenters. The first-order valence-corrected chi connectivity index (χ1v) is 9.89. The van der Waals surface area contributed by atoms with Gasteiger partial charge in [0.15, 0.2) is 5.65 Å². The molecule has 7 nitrogen and oxygen atoms in total. The molecule has 0 unspecified atom stereocenters. The van der Waals surface area contributed by atoms with Crippen LogP contribution in [-0.2, 0) is 17.5 Å². The van der Waals surface area contributed by atoms with Crippen LogP contribution in [-0.4, -0.2) is 37.3 Å². The highest BCUT2D eigenvalue weighted by Gasteiger charge is 2.20. The lowest BCUT2D eigenvalue weighted by atomic mass is 10.0. The number of carbonyl (C=O) groups excluding carboxylic acids is 1. The van der Waals surface area contributed by atoms with Gasteiger partial charge in [-0.1, -0.05) is 30.0 Å². The lowest BCUT2D eigenvalue weighted by molar-refractivity contribution is 0.0524. The van der Waals surface area contributed by atoms with Crippen molar-refractivity contribution in [3.63, 3.8) is 0 Å². The van der Waals surface area contributed by atoms with Crippen LogP contribution in [0.4, 0.5) is 0 Å². The van der Waals surface area contributed by atoms with Crippen molar-refractivity contribution in [2.24, 2.45) is 7.05 Å². The van der Waals surface area contributed by atoms with Gasteiger partial charge in [0.05, 0.1) is 35.0 Å². The minimum absolute atomic E-state index is 0.319. The highest BCUT2D eigenvalue weighted by Crippen LogP contribution is 2.30. The van der Waals surface area contributed by atoms with Crippen LogP contribution in [0.5, 0.6) is 0 Å². The molecule has 1 aromatic carbocycles. The summed E-state index contributed by atoms with van der Waals surface area (Å²) in [6.07, 6.45) is 3.28. The summed E-state index contributed by atoms with van der Waals surface area (Å²) >= 11 is 1.51. The number of hydrogen-bond donors (Lipinski definition) is 0. The fraction of sp³-hybridized carbons (Fsp3) is 0.250. The van der Waals surface area contributed by atoms with Gasteiger partial charge in [0.2, 0.25) is 0 Å². The Hall–Kier alpha value is -3.00. The summed E-state index contributed by atoms with van der Waals surface area (Å²) in [7, 11) is 1.84. The molecule has 0 aliphatic rings. The molecule has 0 bridgehead atoms. The zero-order valence-corrected chi connectivity index (χ0v) is 16.7. The molecular weight excluding hydrogens is 374 g/mol. The molecule has 8 heteroatoms. The van der Waals surface area contributed by atoms with Gasteiger partial charge >= 0.3 is 5.97 Å². The molecule has 0 aliphatic carbocycles. The molecule has 28 heavy (non-hydrogen) atoms. The first-order chi connectivity index (χ1) is 13.6. The zero-order chi connectivity index (χ0) is 19.7. The molecule has 0 saturated carbocycles. The number of thioether (sulfide) groups is 1. The first kappa shape index (κ1) is 18.4. The lowest BCUT2D eigenvalue weighted by Crippen LogP contribution is -2.12. The molecule has 0 fully saturated rings. The maximum absolute atomic E-state index is 12.6. The van der Waals surface area contributed by atoms with Crippen molar-refractivity contribution in [1.29, 1.82) is 0 Å². The lowest BCUT2D eigenvalue weighted by Gasteiger charge is -2.13. The summed E-state index contributed by atoms with van der Waals surface area (Å²) in [6, 6.07) is 7.82. The third kappa shape index (κ3) is 3.20. The summed E-state index contributed by atoms with van der Waals surface area (Å²) in [4.78, 5) is 26.1. The maximum atomic E-state index is 12.6. The highest BCUT2D eigenvalue weighted by molar-refractivity contribution is 7.98. The van der Waals surface area contributed by atoms with Gasteiger partial charge in [0.25, 0.3) is 0 Å². The molecule has 0 radical (unpaired) electrons.